The van der Waals surface area contributed by atoms with Crippen LogP contribution in [0.25, 0.3) is 0 Å². The number of amides is 1. The van der Waals surface area contributed by atoms with Crippen molar-refractivity contribution in [3.05, 3.63) is 28.7 Å². The number of carbonyl (C=O) groups excluding carboxylic acids is 1. The lowest BCUT2D eigenvalue weighted by molar-refractivity contribution is -0.123. The Hall–Kier alpha value is -1.78. The Balaban J connectivity index is 1.98. The van der Waals surface area contributed by atoms with E-state index in [0.717, 1.165) is 12.8 Å². The van der Waals surface area contributed by atoms with E-state index in [-0.39, 0.29) is 24.1 Å². The summed E-state index contributed by atoms with van der Waals surface area (Å²) in [5.74, 6) is 0.452. The van der Waals surface area contributed by atoms with Gasteiger partial charge in [-0.15, -0.1) is 0 Å². The van der Waals surface area contributed by atoms with Crippen molar-refractivity contribution in [3.63, 3.8) is 0 Å². The molecule has 0 radical (unpaired) electrons. The van der Waals surface area contributed by atoms with E-state index in [9.17, 15) is 9.59 Å². The third-order valence-corrected chi connectivity index (χ3v) is 4.10. The molecule has 0 bridgehead atoms. The average molecular weight is 277 g/mol. The number of hydrogen-bond donors (Lipinski definition) is 2. The Labute approximate surface area is 119 Å². The highest BCUT2D eigenvalue weighted by molar-refractivity contribution is 5.76. The zero-order valence-corrected chi connectivity index (χ0v) is 12.0. The Morgan fingerprint density at radius 3 is 2.90 bits per heavy atom. The maximum atomic E-state index is 12.1. The maximum absolute atomic E-state index is 12.1. The highest BCUT2D eigenvalue weighted by Gasteiger charge is 2.24. The first-order chi connectivity index (χ1) is 9.60. The SMILES string of the molecule is CCC1CCCCC1NC(=O)Cn1cc(N)ccc1=O. The molecule has 1 amide bonds. The second kappa shape index (κ2) is 6.59. The molecule has 5 heteroatoms. The predicted octanol–water partition coefficient (Wildman–Crippen LogP) is 1.52. The van der Waals surface area contributed by atoms with E-state index in [1.165, 1.54) is 36.1 Å². The number of hydrogen-bond acceptors (Lipinski definition) is 3. The zero-order chi connectivity index (χ0) is 14.5. The molecular formula is C15H23N3O2. The Morgan fingerprint density at radius 2 is 2.15 bits per heavy atom. The van der Waals surface area contributed by atoms with Gasteiger partial charge in [0.05, 0.1) is 0 Å². The first-order valence-electron chi connectivity index (χ1n) is 7.35. The van der Waals surface area contributed by atoms with Crippen LogP contribution in [-0.4, -0.2) is 16.5 Å². The van der Waals surface area contributed by atoms with Gasteiger partial charge in [-0.2, -0.15) is 0 Å². The maximum Gasteiger partial charge on any atom is 0.251 e. The standard InChI is InChI=1S/C15H23N3O2/c1-2-11-5-3-4-6-13(11)17-14(19)10-18-9-12(16)7-8-15(18)20/h7-9,11,13H,2-6,10,16H2,1H3,(H,17,19). The van der Waals surface area contributed by atoms with Crippen molar-refractivity contribution in [3.8, 4) is 0 Å². The number of rotatable bonds is 4. The first-order valence-corrected chi connectivity index (χ1v) is 7.35. The molecule has 1 aromatic heterocycles. The van der Waals surface area contributed by atoms with Crippen molar-refractivity contribution >= 4 is 11.6 Å². The lowest BCUT2D eigenvalue weighted by atomic mass is 9.83. The van der Waals surface area contributed by atoms with Gasteiger partial charge in [0.2, 0.25) is 5.91 Å². The van der Waals surface area contributed by atoms with E-state index in [4.69, 9.17) is 5.73 Å². The monoisotopic (exact) mass is 277 g/mol. The number of anilines is 1. The minimum atomic E-state index is -0.204. The smallest absolute Gasteiger partial charge is 0.251 e. The van der Waals surface area contributed by atoms with Gasteiger partial charge in [-0.05, 0) is 24.8 Å². The number of pyridine rings is 1. The molecule has 5 nitrogen and oxygen atoms in total. The lowest BCUT2D eigenvalue weighted by Gasteiger charge is -2.31. The lowest BCUT2D eigenvalue weighted by Crippen LogP contribution is -2.44. The second-order valence-corrected chi connectivity index (χ2v) is 5.56. The van der Waals surface area contributed by atoms with Crippen LogP contribution in [0, 0.1) is 5.92 Å². The van der Waals surface area contributed by atoms with Gasteiger partial charge in [-0.1, -0.05) is 26.2 Å². The molecule has 1 saturated carbocycles. The van der Waals surface area contributed by atoms with Crippen molar-refractivity contribution in [2.45, 2.75) is 51.6 Å². The van der Waals surface area contributed by atoms with Crippen molar-refractivity contribution < 1.29 is 4.79 Å². The van der Waals surface area contributed by atoms with Crippen LogP contribution >= 0.6 is 0 Å². The first kappa shape index (κ1) is 14.6. The summed E-state index contributed by atoms with van der Waals surface area (Å²) >= 11 is 0. The van der Waals surface area contributed by atoms with Gasteiger partial charge in [0.1, 0.15) is 6.54 Å². The van der Waals surface area contributed by atoms with E-state index in [1.807, 2.05) is 0 Å². The predicted molar refractivity (Wildman–Crippen MR) is 79.3 cm³/mol. The molecule has 1 fully saturated rings. The molecule has 3 N–H and O–H groups in total. The van der Waals surface area contributed by atoms with Crippen LogP contribution in [0.2, 0.25) is 0 Å². The summed E-state index contributed by atoms with van der Waals surface area (Å²) < 4.78 is 1.36. The van der Waals surface area contributed by atoms with Crippen LogP contribution in [0.5, 0.6) is 0 Å². The molecule has 0 spiro atoms. The van der Waals surface area contributed by atoms with Gasteiger partial charge in [-0.3, -0.25) is 9.59 Å². The molecule has 1 heterocycles. The summed E-state index contributed by atoms with van der Waals surface area (Å²) in [5, 5.41) is 3.08. The van der Waals surface area contributed by atoms with Gasteiger partial charge in [-0.25, -0.2) is 0 Å². The van der Waals surface area contributed by atoms with Gasteiger partial charge >= 0.3 is 0 Å². The van der Waals surface area contributed by atoms with E-state index >= 15 is 0 Å². The summed E-state index contributed by atoms with van der Waals surface area (Å²) in [7, 11) is 0. The third-order valence-electron chi connectivity index (χ3n) is 4.10. The van der Waals surface area contributed by atoms with Crippen molar-refractivity contribution in [2.24, 2.45) is 5.92 Å². The van der Waals surface area contributed by atoms with E-state index < -0.39 is 0 Å². The largest absolute Gasteiger partial charge is 0.398 e. The van der Waals surface area contributed by atoms with Gasteiger partial charge in [0.25, 0.3) is 5.56 Å². The summed E-state index contributed by atoms with van der Waals surface area (Å²) in [6, 6.07) is 3.18. The summed E-state index contributed by atoms with van der Waals surface area (Å²) in [5.41, 5.74) is 5.92. The van der Waals surface area contributed by atoms with Gasteiger partial charge < -0.3 is 15.6 Å². The summed E-state index contributed by atoms with van der Waals surface area (Å²) in [4.78, 5) is 23.7. The molecule has 110 valence electrons. The number of nitrogen functional groups attached to an aromatic ring is 1. The molecule has 1 aliphatic carbocycles. The molecule has 1 aliphatic rings. The minimum absolute atomic E-state index is 0.0385. The van der Waals surface area contributed by atoms with Crippen LogP contribution in [0.1, 0.15) is 39.0 Å². The van der Waals surface area contributed by atoms with Crippen LogP contribution in [0.3, 0.4) is 0 Å². The highest BCUT2D eigenvalue weighted by Crippen LogP contribution is 2.26. The molecule has 2 atom stereocenters. The number of nitrogens with one attached hydrogen (secondary N) is 1. The molecule has 20 heavy (non-hydrogen) atoms. The van der Waals surface area contributed by atoms with E-state index in [2.05, 4.69) is 12.2 Å². The molecule has 2 rings (SSSR count). The molecule has 0 aromatic carbocycles. The van der Waals surface area contributed by atoms with Crippen LogP contribution in [0.4, 0.5) is 5.69 Å². The van der Waals surface area contributed by atoms with Crippen molar-refractivity contribution in [2.75, 3.05) is 5.73 Å². The fourth-order valence-corrected chi connectivity index (χ4v) is 2.97. The molecule has 2 unspecified atom stereocenters. The molecule has 1 aromatic rings. The van der Waals surface area contributed by atoms with Crippen LogP contribution < -0.4 is 16.6 Å². The molecule has 0 saturated heterocycles. The highest BCUT2D eigenvalue weighted by atomic mass is 16.2. The number of nitrogens with two attached hydrogens (primary N) is 1. The third kappa shape index (κ3) is 3.62. The number of nitrogens with zero attached hydrogens (tertiary/aromatic N) is 1. The Morgan fingerprint density at radius 1 is 1.40 bits per heavy atom. The minimum Gasteiger partial charge on any atom is -0.398 e. The topological polar surface area (TPSA) is 77.1 Å². The normalized spacial score (nSPS) is 22.4. The van der Waals surface area contributed by atoms with Gasteiger partial charge in [0, 0.05) is 24.0 Å². The van der Waals surface area contributed by atoms with Crippen molar-refractivity contribution in [1.29, 1.82) is 0 Å². The summed E-state index contributed by atoms with van der Waals surface area (Å²) in [6.45, 7) is 2.20. The van der Waals surface area contributed by atoms with E-state index in [0.29, 0.717) is 11.6 Å². The molecule has 0 aliphatic heterocycles. The zero-order valence-electron chi connectivity index (χ0n) is 12.0. The second-order valence-electron chi connectivity index (χ2n) is 5.56. The van der Waals surface area contributed by atoms with Crippen molar-refractivity contribution in [1.82, 2.24) is 9.88 Å². The molecular weight excluding hydrogens is 254 g/mol. The van der Waals surface area contributed by atoms with Crippen LogP contribution in [-0.2, 0) is 11.3 Å². The van der Waals surface area contributed by atoms with E-state index in [1.54, 1.807) is 6.07 Å². The fraction of sp³-hybridized carbons (Fsp3) is 0.600. The van der Waals surface area contributed by atoms with Gasteiger partial charge in [0.15, 0.2) is 0 Å². The Kier molecular flexibility index (Phi) is 4.82. The number of carbonyl (C=O) groups is 1. The average Bonchev–Trinajstić information content (AvgIpc) is 2.43. The quantitative estimate of drug-likeness (QED) is 0.876. The summed E-state index contributed by atoms with van der Waals surface area (Å²) in [6.07, 6.45) is 7.23. The Bertz CT molecular complexity index is 524. The fourth-order valence-electron chi connectivity index (χ4n) is 2.97. The van der Waals surface area contributed by atoms with Crippen LogP contribution in [0.15, 0.2) is 23.1 Å². The number of aromatic nitrogens is 1.